The third kappa shape index (κ3) is 21.4. The Labute approximate surface area is 148 Å². The number of rotatable bonds is 15. The fourth-order valence-electron chi connectivity index (χ4n) is 2.36. The molecule has 24 heavy (non-hydrogen) atoms. The number of hydrogen-bond donors (Lipinski definition) is 4. The van der Waals surface area contributed by atoms with E-state index in [-0.39, 0.29) is 12.5 Å². The molecule has 0 aliphatic heterocycles. The molecular weight excluding hydrogens is 306 g/mol. The van der Waals surface area contributed by atoms with Crippen LogP contribution in [-0.2, 0) is 4.79 Å². The molecule has 0 aliphatic carbocycles. The first-order valence-electron chi connectivity index (χ1n) is 9.74. The lowest BCUT2D eigenvalue weighted by molar-refractivity contribution is -0.118. The van der Waals surface area contributed by atoms with Crippen LogP contribution in [0.1, 0.15) is 97.3 Å². The number of amides is 1. The highest BCUT2D eigenvalue weighted by Gasteiger charge is 2.11. The minimum Gasteiger partial charge on any atom is -0.394 e. The number of carbonyl (C=O) groups is 1. The number of nitrogens with two attached hydrogens (primary N) is 1. The highest BCUT2D eigenvalue weighted by atomic mass is 16.4. The molecule has 5 N–H and O–H groups in total. The Hall–Kier alpha value is -0.650. The molecule has 0 fully saturated rings. The van der Waals surface area contributed by atoms with Crippen molar-refractivity contribution in [1.82, 2.24) is 0 Å². The van der Waals surface area contributed by atoms with Crippen LogP contribution in [0.2, 0.25) is 0 Å². The summed E-state index contributed by atoms with van der Waals surface area (Å²) in [6.07, 6.45) is 13.7. The number of aliphatic hydroxyl groups excluding tert-OH is 3. The molecule has 0 radical (unpaired) electrons. The molecule has 0 rings (SSSR count). The van der Waals surface area contributed by atoms with Gasteiger partial charge in [-0.05, 0) is 12.8 Å². The molecule has 2 atom stereocenters. The number of carbonyl (C=O) groups excluding carboxylic acids is 1. The summed E-state index contributed by atoms with van der Waals surface area (Å²) in [6, 6.07) is 0. The van der Waals surface area contributed by atoms with Gasteiger partial charge >= 0.3 is 0 Å². The zero-order valence-corrected chi connectivity index (χ0v) is 15.9. The van der Waals surface area contributed by atoms with E-state index >= 15 is 0 Å². The van der Waals surface area contributed by atoms with Crippen molar-refractivity contribution in [3.63, 3.8) is 0 Å². The number of unbranched alkanes of at least 4 members (excludes halogenated alkanes) is 10. The molecule has 0 saturated carbocycles. The number of primary amides is 1. The van der Waals surface area contributed by atoms with Crippen LogP contribution in [0.15, 0.2) is 0 Å². The fourth-order valence-corrected chi connectivity index (χ4v) is 2.36. The Morgan fingerprint density at radius 2 is 1.21 bits per heavy atom. The molecule has 0 aromatic rings. The molecule has 146 valence electrons. The van der Waals surface area contributed by atoms with Gasteiger partial charge in [0.15, 0.2) is 0 Å². The second kappa shape index (κ2) is 20.4. The fraction of sp³-hybridized carbons (Fsp3) is 0.947. The van der Waals surface area contributed by atoms with Crippen LogP contribution in [0, 0.1) is 0 Å². The summed E-state index contributed by atoms with van der Waals surface area (Å²) in [5, 5.41) is 25.6. The zero-order valence-electron chi connectivity index (χ0n) is 15.9. The largest absolute Gasteiger partial charge is 0.394 e. The highest BCUT2D eigenvalue weighted by Crippen LogP contribution is 2.11. The van der Waals surface area contributed by atoms with Crippen LogP contribution in [0.25, 0.3) is 0 Å². The van der Waals surface area contributed by atoms with Crippen molar-refractivity contribution in [2.45, 2.75) is 110 Å². The van der Waals surface area contributed by atoms with E-state index in [1.807, 2.05) is 0 Å². The molecule has 0 saturated heterocycles. The van der Waals surface area contributed by atoms with Gasteiger partial charge in [0.1, 0.15) is 6.10 Å². The van der Waals surface area contributed by atoms with Crippen LogP contribution < -0.4 is 5.73 Å². The first-order chi connectivity index (χ1) is 11.5. The molecule has 5 heteroatoms. The Morgan fingerprint density at radius 1 is 0.792 bits per heavy atom. The molecular formula is C19H41NO4. The number of hydrogen-bond acceptors (Lipinski definition) is 4. The van der Waals surface area contributed by atoms with Gasteiger partial charge in [-0.3, -0.25) is 4.79 Å². The van der Waals surface area contributed by atoms with E-state index in [9.17, 15) is 4.79 Å². The second-order valence-electron chi connectivity index (χ2n) is 6.48. The monoisotopic (exact) mass is 347 g/mol. The molecule has 0 aromatic heterocycles. The summed E-state index contributed by atoms with van der Waals surface area (Å²) in [5.41, 5.74) is 5.07. The van der Waals surface area contributed by atoms with Gasteiger partial charge in [-0.25, -0.2) is 0 Å². The van der Waals surface area contributed by atoms with Crippen molar-refractivity contribution in [2.24, 2.45) is 5.73 Å². The Morgan fingerprint density at radius 3 is 1.50 bits per heavy atom. The minimum atomic E-state index is -0.972. The summed E-state index contributed by atoms with van der Waals surface area (Å²) in [5.74, 6) is -0.157. The van der Waals surface area contributed by atoms with Gasteiger partial charge in [0, 0.05) is 6.42 Å². The highest BCUT2D eigenvalue weighted by molar-refractivity contribution is 5.73. The predicted octanol–water partition coefficient (Wildman–Crippen LogP) is 3.28. The van der Waals surface area contributed by atoms with Gasteiger partial charge in [-0.1, -0.05) is 78.1 Å². The summed E-state index contributed by atoms with van der Waals surface area (Å²) in [6.45, 7) is 3.63. The van der Waals surface area contributed by atoms with E-state index in [1.54, 1.807) is 6.92 Å². The third-order valence-electron chi connectivity index (χ3n) is 4.08. The summed E-state index contributed by atoms with van der Waals surface area (Å²) in [4.78, 5) is 10.5. The van der Waals surface area contributed by atoms with E-state index in [0.29, 0.717) is 12.8 Å². The van der Waals surface area contributed by atoms with Crippen LogP contribution in [0.4, 0.5) is 0 Å². The lowest BCUT2D eigenvalue weighted by Crippen LogP contribution is -2.28. The second-order valence-corrected chi connectivity index (χ2v) is 6.48. The first kappa shape index (κ1) is 25.6. The normalized spacial score (nSPS) is 13.0. The van der Waals surface area contributed by atoms with Crippen molar-refractivity contribution in [3.05, 3.63) is 0 Å². The summed E-state index contributed by atoms with van der Waals surface area (Å²) >= 11 is 0. The van der Waals surface area contributed by atoms with Crippen molar-refractivity contribution in [3.8, 4) is 0 Å². The van der Waals surface area contributed by atoms with E-state index in [2.05, 4.69) is 6.92 Å². The molecule has 0 aromatic carbocycles. The van der Waals surface area contributed by atoms with E-state index in [0.717, 1.165) is 6.42 Å². The zero-order chi connectivity index (χ0) is 18.6. The van der Waals surface area contributed by atoms with Crippen molar-refractivity contribution in [1.29, 1.82) is 0 Å². The van der Waals surface area contributed by atoms with Crippen LogP contribution in [0.3, 0.4) is 0 Å². The number of aliphatic hydroxyl groups is 3. The minimum absolute atomic E-state index is 0.157. The molecule has 2 unspecified atom stereocenters. The molecule has 0 bridgehead atoms. The maximum Gasteiger partial charge on any atom is 0.217 e. The smallest absolute Gasteiger partial charge is 0.217 e. The predicted molar refractivity (Wildman–Crippen MR) is 99.7 cm³/mol. The summed E-state index contributed by atoms with van der Waals surface area (Å²) in [7, 11) is 0. The van der Waals surface area contributed by atoms with Gasteiger partial charge in [0.2, 0.25) is 5.91 Å². The van der Waals surface area contributed by atoms with Crippen molar-refractivity contribution >= 4 is 5.91 Å². The topological polar surface area (TPSA) is 104 Å². The summed E-state index contributed by atoms with van der Waals surface area (Å²) < 4.78 is 0. The van der Waals surface area contributed by atoms with Crippen molar-refractivity contribution < 1.29 is 20.1 Å². The first-order valence-corrected chi connectivity index (χ1v) is 9.74. The van der Waals surface area contributed by atoms with Gasteiger partial charge in [0.25, 0.3) is 0 Å². The maximum atomic E-state index is 10.5. The molecule has 5 nitrogen and oxygen atoms in total. The standard InChI is InChI=1S/C14H29NO.C5H12O3/c1-2-3-4-5-6-7-8-9-10-11-12-13-14(15)16;1-2-4(7)5(8)3-6/h2-13H2,1H3,(H2,15,16);4-8H,2-3H2,1H3. The van der Waals surface area contributed by atoms with E-state index in [1.165, 1.54) is 64.2 Å². The molecule has 0 heterocycles. The van der Waals surface area contributed by atoms with E-state index in [4.69, 9.17) is 21.1 Å². The molecule has 1 amide bonds. The molecule has 0 spiro atoms. The Kier molecular flexibility index (Phi) is 21.7. The quantitative estimate of drug-likeness (QED) is 0.341. The average Bonchev–Trinajstić information content (AvgIpc) is 2.58. The third-order valence-corrected chi connectivity index (χ3v) is 4.08. The van der Waals surface area contributed by atoms with Crippen LogP contribution in [-0.4, -0.2) is 40.0 Å². The van der Waals surface area contributed by atoms with Crippen LogP contribution in [0.5, 0.6) is 0 Å². The molecule has 0 aliphatic rings. The van der Waals surface area contributed by atoms with Gasteiger partial charge < -0.3 is 21.1 Å². The SMILES string of the molecule is CCC(O)C(O)CO.CCCCCCCCCCCCCC(N)=O. The Bertz CT molecular complexity index is 254. The van der Waals surface area contributed by atoms with Crippen LogP contribution >= 0.6 is 0 Å². The lowest BCUT2D eigenvalue weighted by Gasteiger charge is -2.11. The average molecular weight is 348 g/mol. The van der Waals surface area contributed by atoms with Gasteiger partial charge in [0.05, 0.1) is 12.7 Å². The van der Waals surface area contributed by atoms with Crippen molar-refractivity contribution in [2.75, 3.05) is 6.61 Å². The van der Waals surface area contributed by atoms with E-state index < -0.39 is 12.2 Å². The maximum absolute atomic E-state index is 10.5. The van der Waals surface area contributed by atoms with Gasteiger partial charge in [-0.15, -0.1) is 0 Å². The lowest BCUT2D eigenvalue weighted by atomic mass is 10.1. The Balaban J connectivity index is 0. The van der Waals surface area contributed by atoms with Gasteiger partial charge in [-0.2, -0.15) is 0 Å².